The van der Waals surface area contributed by atoms with E-state index < -0.39 is 5.97 Å². The molecule has 0 unspecified atom stereocenters. The van der Waals surface area contributed by atoms with Crippen molar-refractivity contribution in [2.45, 2.75) is 13.5 Å². The van der Waals surface area contributed by atoms with Crippen molar-refractivity contribution in [3.8, 4) is 0 Å². The Morgan fingerprint density at radius 2 is 2.37 bits per heavy atom. The molecule has 2 rings (SSSR count). The number of rotatable bonds is 5. The summed E-state index contributed by atoms with van der Waals surface area (Å²) in [4.78, 5) is 27.1. The SMILES string of the molecule is CCOC(=O)c1nc(C(=O)NCc2ccon2)cs1. The molecule has 0 saturated heterocycles. The van der Waals surface area contributed by atoms with Crippen LogP contribution in [-0.4, -0.2) is 28.6 Å². The first-order valence-corrected chi connectivity index (χ1v) is 6.38. The average molecular weight is 281 g/mol. The predicted octanol–water partition coefficient (Wildman–Crippen LogP) is 1.24. The largest absolute Gasteiger partial charge is 0.461 e. The number of nitrogens with one attached hydrogen (secondary N) is 1. The molecule has 2 aromatic heterocycles. The first kappa shape index (κ1) is 13.2. The van der Waals surface area contributed by atoms with E-state index in [4.69, 9.17) is 4.74 Å². The molecule has 0 spiro atoms. The maximum atomic E-state index is 11.8. The Labute approximate surface area is 112 Å². The number of carbonyl (C=O) groups excluding carboxylic acids is 2. The van der Waals surface area contributed by atoms with E-state index in [1.54, 1.807) is 13.0 Å². The van der Waals surface area contributed by atoms with E-state index in [2.05, 4.69) is 20.0 Å². The summed E-state index contributed by atoms with van der Waals surface area (Å²) in [6, 6.07) is 1.64. The molecule has 0 atom stereocenters. The van der Waals surface area contributed by atoms with Gasteiger partial charge in [0.05, 0.1) is 13.2 Å². The Morgan fingerprint density at radius 1 is 1.53 bits per heavy atom. The van der Waals surface area contributed by atoms with Crippen molar-refractivity contribution in [3.63, 3.8) is 0 Å². The molecule has 0 aliphatic carbocycles. The van der Waals surface area contributed by atoms with Gasteiger partial charge in [-0.3, -0.25) is 4.79 Å². The van der Waals surface area contributed by atoms with E-state index in [0.717, 1.165) is 11.3 Å². The first-order chi connectivity index (χ1) is 9.20. The lowest BCUT2D eigenvalue weighted by atomic mass is 10.4. The monoisotopic (exact) mass is 281 g/mol. The highest BCUT2D eigenvalue weighted by Crippen LogP contribution is 2.11. The van der Waals surface area contributed by atoms with E-state index in [9.17, 15) is 9.59 Å². The first-order valence-electron chi connectivity index (χ1n) is 5.50. The number of aromatic nitrogens is 2. The van der Waals surface area contributed by atoms with E-state index in [1.165, 1.54) is 11.6 Å². The molecule has 0 aromatic carbocycles. The lowest BCUT2D eigenvalue weighted by Crippen LogP contribution is -2.23. The zero-order valence-corrected chi connectivity index (χ0v) is 10.9. The summed E-state index contributed by atoms with van der Waals surface area (Å²) in [7, 11) is 0. The Hall–Kier alpha value is -2.22. The van der Waals surface area contributed by atoms with Crippen LogP contribution in [0.2, 0.25) is 0 Å². The van der Waals surface area contributed by atoms with Gasteiger partial charge in [0.15, 0.2) is 0 Å². The molecule has 0 aliphatic rings. The van der Waals surface area contributed by atoms with Crippen LogP contribution in [0.25, 0.3) is 0 Å². The lowest BCUT2D eigenvalue weighted by Gasteiger charge is -1.99. The molecule has 2 heterocycles. The van der Waals surface area contributed by atoms with Crippen LogP contribution in [-0.2, 0) is 11.3 Å². The molecule has 100 valence electrons. The minimum Gasteiger partial charge on any atom is -0.461 e. The van der Waals surface area contributed by atoms with Gasteiger partial charge < -0.3 is 14.6 Å². The fourth-order valence-electron chi connectivity index (χ4n) is 1.25. The Balaban J connectivity index is 1.94. The molecular weight excluding hydrogens is 270 g/mol. The third kappa shape index (κ3) is 3.38. The topological polar surface area (TPSA) is 94.3 Å². The van der Waals surface area contributed by atoms with Crippen molar-refractivity contribution in [1.82, 2.24) is 15.5 Å². The van der Waals surface area contributed by atoms with Crippen LogP contribution in [0.5, 0.6) is 0 Å². The van der Waals surface area contributed by atoms with Crippen LogP contribution in [0.4, 0.5) is 0 Å². The van der Waals surface area contributed by atoms with Crippen molar-refractivity contribution >= 4 is 23.2 Å². The smallest absolute Gasteiger partial charge is 0.367 e. The summed E-state index contributed by atoms with van der Waals surface area (Å²) in [6.45, 7) is 2.21. The second-order valence-electron chi connectivity index (χ2n) is 3.43. The van der Waals surface area contributed by atoms with E-state index in [-0.39, 0.29) is 29.8 Å². The lowest BCUT2D eigenvalue weighted by molar-refractivity contribution is 0.0526. The Kier molecular flexibility index (Phi) is 4.24. The van der Waals surface area contributed by atoms with Gasteiger partial charge in [0, 0.05) is 11.4 Å². The number of nitrogens with zero attached hydrogens (tertiary/aromatic N) is 2. The van der Waals surface area contributed by atoms with E-state index in [1.807, 2.05) is 0 Å². The van der Waals surface area contributed by atoms with Crippen LogP contribution in [0.3, 0.4) is 0 Å². The molecule has 0 radical (unpaired) electrons. The average Bonchev–Trinajstić information content (AvgIpc) is 3.07. The van der Waals surface area contributed by atoms with Gasteiger partial charge in [-0.2, -0.15) is 0 Å². The van der Waals surface area contributed by atoms with Crippen molar-refractivity contribution in [1.29, 1.82) is 0 Å². The predicted molar refractivity (Wildman–Crippen MR) is 65.7 cm³/mol. The molecule has 7 nitrogen and oxygen atoms in total. The van der Waals surface area contributed by atoms with Crippen LogP contribution in [0.1, 0.15) is 32.9 Å². The summed E-state index contributed by atoms with van der Waals surface area (Å²) in [5, 5.41) is 7.94. The second-order valence-corrected chi connectivity index (χ2v) is 4.29. The zero-order chi connectivity index (χ0) is 13.7. The molecule has 1 N–H and O–H groups in total. The molecule has 19 heavy (non-hydrogen) atoms. The van der Waals surface area contributed by atoms with E-state index in [0.29, 0.717) is 5.69 Å². The van der Waals surface area contributed by atoms with Gasteiger partial charge in [-0.1, -0.05) is 5.16 Å². The summed E-state index contributed by atoms with van der Waals surface area (Å²) in [5.41, 5.74) is 0.783. The third-order valence-electron chi connectivity index (χ3n) is 2.11. The summed E-state index contributed by atoms with van der Waals surface area (Å²) in [5.74, 6) is -0.905. The van der Waals surface area contributed by atoms with Crippen molar-refractivity contribution in [2.75, 3.05) is 6.61 Å². The van der Waals surface area contributed by atoms with Gasteiger partial charge in [-0.15, -0.1) is 11.3 Å². The molecule has 8 heteroatoms. The minimum atomic E-state index is -0.525. The standard InChI is InChI=1S/C11H11N3O4S/c1-2-17-11(16)10-13-8(6-19-10)9(15)12-5-7-3-4-18-14-7/h3-4,6H,2,5H2,1H3,(H,12,15). The zero-order valence-electron chi connectivity index (χ0n) is 10.1. The highest BCUT2D eigenvalue weighted by atomic mass is 32.1. The summed E-state index contributed by atoms with van der Waals surface area (Å²) >= 11 is 1.07. The summed E-state index contributed by atoms with van der Waals surface area (Å²) < 4.78 is 9.43. The molecule has 0 aliphatic heterocycles. The van der Waals surface area contributed by atoms with Crippen molar-refractivity contribution in [3.05, 3.63) is 34.1 Å². The molecule has 0 fully saturated rings. The molecule has 0 bridgehead atoms. The number of hydrogen-bond donors (Lipinski definition) is 1. The fourth-order valence-corrected chi connectivity index (χ4v) is 1.94. The molecular formula is C11H11N3O4S. The third-order valence-corrected chi connectivity index (χ3v) is 2.93. The summed E-state index contributed by atoms with van der Waals surface area (Å²) in [6.07, 6.45) is 1.42. The number of esters is 1. The van der Waals surface area contributed by atoms with Gasteiger partial charge in [0.1, 0.15) is 17.7 Å². The van der Waals surface area contributed by atoms with Crippen LogP contribution >= 0.6 is 11.3 Å². The van der Waals surface area contributed by atoms with Crippen LogP contribution < -0.4 is 5.32 Å². The Bertz CT molecular complexity index is 564. The van der Waals surface area contributed by atoms with Gasteiger partial charge in [0.2, 0.25) is 5.01 Å². The number of ether oxygens (including phenoxy) is 1. The number of thiazole rings is 1. The Morgan fingerprint density at radius 3 is 3.05 bits per heavy atom. The number of hydrogen-bond acceptors (Lipinski definition) is 7. The quantitative estimate of drug-likeness (QED) is 0.828. The van der Waals surface area contributed by atoms with Gasteiger partial charge in [-0.25, -0.2) is 9.78 Å². The van der Waals surface area contributed by atoms with Gasteiger partial charge >= 0.3 is 5.97 Å². The fraction of sp³-hybridized carbons (Fsp3) is 0.273. The number of amides is 1. The van der Waals surface area contributed by atoms with Crippen molar-refractivity contribution < 1.29 is 18.8 Å². The maximum Gasteiger partial charge on any atom is 0.367 e. The molecule has 0 saturated carbocycles. The highest BCUT2D eigenvalue weighted by Gasteiger charge is 2.16. The van der Waals surface area contributed by atoms with E-state index >= 15 is 0 Å². The molecule has 1 amide bonds. The van der Waals surface area contributed by atoms with Gasteiger partial charge in [-0.05, 0) is 6.92 Å². The maximum absolute atomic E-state index is 11.8. The van der Waals surface area contributed by atoms with Crippen LogP contribution in [0.15, 0.2) is 22.2 Å². The highest BCUT2D eigenvalue weighted by molar-refractivity contribution is 7.11. The normalized spacial score (nSPS) is 10.2. The van der Waals surface area contributed by atoms with Gasteiger partial charge in [0.25, 0.3) is 5.91 Å². The van der Waals surface area contributed by atoms with Crippen molar-refractivity contribution in [2.24, 2.45) is 0 Å². The van der Waals surface area contributed by atoms with Crippen LogP contribution in [0, 0.1) is 0 Å². The number of carbonyl (C=O) groups is 2. The molecule has 2 aromatic rings. The second kappa shape index (κ2) is 6.10. The minimum absolute atomic E-state index is 0.161.